The van der Waals surface area contributed by atoms with Gasteiger partial charge in [-0.25, -0.2) is 0 Å². The number of piperidine rings is 1. The maximum Gasteiger partial charge on any atom is 0.171 e. The predicted octanol–water partition coefficient (Wildman–Crippen LogP) is 3.40. The normalized spacial score (nSPS) is 23.9. The highest BCUT2D eigenvalue weighted by Crippen LogP contribution is 2.30. The van der Waals surface area contributed by atoms with E-state index >= 15 is 0 Å². The molecule has 2 aliphatic rings. The lowest BCUT2D eigenvalue weighted by atomic mass is 10.0. The van der Waals surface area contributed by atoms with Crippen molar-refractivity contribution in [2.24, 2.45) is 0 Å². The number of benzene rings is 2. The van der Waals surface area contributed by atoms with Crippen LogP contribution >= 0.6 is 11.9 Å². The average molecular weight is 472 g/mol. The fourth-order valence-electron chi connectivity index (χ4n) is 4.17. The van der Waals surface area contributed by atoms with E-state index < -0.39 is 18.4 Å². The molecule has 0 aromatic heterocycles. The van der Waals surface area contributed by atoms with Crippen LogP contribution in [-0.4, -0.2) is 60.6 Å². The zero-order chi connectivity index (χ0) is 23.8. The van der Waals surface area contributed by atoms with Crippen LogP contribution in [0.25, 0.3) is 16.3 Å². The molecule has 0 radical (unpaired) electrons. The van der Waals surface area contributed by atoms with Crippen molar-refractivity contribution in [3.05, 3.63) is 46.9 Å². The van der Waals surface area contributed by atoms with Gasteiger partial charge < -0.3 is 25.0 Å². The van der Waals surface area contributed by atoms with Crippen molar-refractivity contribution in [3.8, 4) is 6.07 Å². The summed E-state index contributed by atoms with van der Waals surface area (Å²) in [5.74, 6) is 0. The second-order valence-electron chi connectivity index (χ2n) is 8.30. The highest BCUT2D eigenvalue weighted by atomic mass is 32.2. The second kappa shape index (κ2) is 12.4. The molecule has 3 atom stereocenters. The smallest absolute Gasteiger partial charge is 0.171 e. The Morgan fingerprint density at radius 2 is 1.79 bits per heavy atom. The van der Waals surface area contributed by atoms with Gasteiger partial charge in [-0.1, -0.05) is 18.2 Å². The number of nitrogens with one attached hydrogen (secondary N) is 1. The van der Waals surface area contributed by atoms with Crippen molar-refractivity contribution in [3.63, 3.8) is 0 Å². The number of aliphatic hydroxyl groups is 3. The van der Waals surface area contributed by atoms with Crippen LogP contribution in [0.3, 0.4) is 0 Å². The lowest BCUT2D eigenvalue weighted by Gasteiger charge is -2.31. The van der Waals surface area contributed by atoms with Gasteiger partial charge >= 0.3 is 0 Å². The Bertz CT molecular complexity index is 1000. The van der Waals surface area contributed by atoms with E-state index in [0.717, 1.165) is 36.7 Å². The average Bonchev–Trinajstić information content (AvgIpc) is 2.87. The van der Waals surface area contributed by atoms with E-state index in [0.29, 0.717) is 11.3 Å². The Morgan fingerprint density at radius 1 is 1.09 bits per heavy atom. The highest BCUT2D eigenvalue weighted by Gasteiger charge is 2.29. The van der Waals surface area contributed by atoms with Crippen molar-refractivity contribution in [1.82, 2.24) is 4.72 Å². The molecule has 3 unspecified atom stereocenters. The molecule has 0 spiro atoms. The number of fused-ring (bicyclic) bond motifs is 1. The first-order chi connectivity index (χ1) is 16.0. The van der Waals surface area contributed by atoms with Crippen LogP contribution in [0.15, 0.2) is 41.3 Å². The van der Waals surface area contributed by atoms with Gasteiger partial charge in [0.25, 0.3) is 0 Å². The minimum atomic E-state index is -0.995. The molecule has 0 bridgehead atoms. The molecule has 2 heterocycles. The molecule has 33 heavy (non-hydrogen) atoms. The van der Waals surface area contributed by atoms with Gasteiger partial charge in [-0.3, -0.25) is 4.72 Å². The fraction of sp³-hybridized carbons (Fsp3) is 0.480. The summed E-state index contributed by atoms with van der Waals surface area (Å²) >= 11 is 1.17. The SMILES string of the molecule is C/C(=C(/C#N)SNC1CC(O)COC1O)c1ccc2cc(N3CCCCC3)ccc2c1.CO. The van der Waals surface area contributed by atoms with Gasteiger partial charge in [0.2, 0.25) is 0 Å². The van der Waals surface area contributed by atoms with Gasteiger partial charge in [-0.05, 0) is 84.7 Å². The van der Waals surface area contributed by atoms with Gasteiger partial charge in [0.15, 0.2) is 6.29 Å². The first-order valence-corrected chi connectivity index (χ1v) is 12.1. The van der Waals surface area contributed by atoms with Crippen molar-refractivity contribution in [2.75, 3.05) is 31.7 Å². The molecule has 2 saturated heterocycles. The Labute approximate surface area is 199 Å². The number of rotatable bonds is 5. The number of nitrogens with zero attached hydrogens (tertiary/aromatic N) is 2. The van der Waals surface area contributed by atoms with Gasteiger partial charge in [-0.15, -0.1) is 0 Å². The van der Waals surface area contributed by atoms with Crippen LogP contribution in [0.5, 0.6) is 0 Å². The number of hydrogen-bond donors (Lipinski definition) is 4. The van der Waals surface area contributed by atoms with E-state index in [1.807, 2.05) is 6.92 Å². The molecule has 4 N–H and O–H groups in total. The zero-order valence-electron chi connectivity index (χ0n) is 19.2. The predicted molar refractivity (Wildman–Crippen MR) is 133 cm³/mol. The molecular weight excluding hydrogens is 438 g/mol. The minimum absolute atomic E-state index is 0.126. The van der Waals surface area contributed by atoms with Gasteiger partial charge in [0.05, 0.1) is 18.8 Å². The molecule has 4 rings (SSSR count). The van der Waals surface area contributed by atoms with Gasteiger partial charge in [0, 0.05) is 25.9 Å². The maximum atomic E-state index is 9.95. The van der Waals surface area contributed by atoms with E-state index in [9.17, 15) is 15.5 Å². The van der Waals surface area contributed by atoms with Crippen LogP contribution in [0, 0.1) is 11.3 Å². The molecule has 0 saturated carbocycles. The number of ether oxygens (including phenoxy) is 1. The molecule has 178 valence electrons. The van der Waals surface area contributed by atoms with Gasteiger partial charge in [-0.2, -0.15) is 5.26 Å². The minimum Gasteiger partial charge on any atom is -0.400 e. The summed E-state index contributed by atoms with van der Waals surface area (Å²) in [5.41, 5.74) is 3.14. The van der Waals surface area contributed by atoms with Crippen LogP contribution in [-0.2, 0) is 4.74 Å². The van der Waals surface area contributed by atoms with E-state index in [1.165, 1.54) is 42.3 Å². The molecule has 7 nitrogen and oxygen atoms in total. The van der Waals surface area contributed by atoms with Crippen LogP contribution in [0.2, 0.25) is 0 Å². The second-order valence-corrected chi connectivity index (χ2v) is 9.15. The zero-order valence-corrected chi connectivity index (χ0v) is 20.0. The van der Waals surface area contributed by atoms with Crippen molar-refractivity contribution >= 4 is 34.0 Å². The Morgan fingerprint density at radius 3 is 2.52 bits per heavy atom. The summed E-state index contributed by atoms with van der Waals surface area (Å²) in [7, 11) is 1.00. The van der Waals surface area contributed by atoms with E-state index in [4.69, 9.17) is 9.84 Å². The van der Waals surface area contributed by atoms with E-state index in [1.54, 1.807) is 0 Å². The Hall–Kier alpha value is -2.12. The standard InChI is InChI=1S/C24H29N3O3S.CH4O/c1-16(23(14-25)31-26-22-13-21(28)15-30-24(22)29)17-5-6-19-12-20(8-7-18(19)11-17)27-9-3-2-4-10-27;1-2/h5-8,11-12,21-22,24,26,28-29H,2-4,9-10,13,15H2,1H3;2H,1H3/b23-16+;. The topological polar surface area (TPSA) is 109 Å². The van der Waals surface area contributed by atoms with Gasteiger partial charge in [0.1, 0.15) is 11.0 Å². The van der Waals surface area contributed by atoms with Crippen molar-refractivity contribution in [2.45, 2.75) is 51.0 Å². The van der Waals surface area contributed by atoms with Crippen LogP contribution in [0.1, 0.15) is 38.2 Å². The fourth-order valence-corrected chi connectivity index (χ4v) is 4.97. The number of hydrogen-bond acceptors (Lipinski definition) is 8. The van der Waals surface area contributed by atoms with E-state index in [2.05, 4.69) is 52.1 Å². The third-order valence-electron chi connectivity index (χ3n) is 6.06. The highest BCUT2D eigenvalue weighted by molar-refractivity contribution is 8.01. The summed E-state index contributed by atoms with van der Waals surface area (Å²) < 4.78 is 8.22. The Kier molecular flexibility index (Phi) is 9.56. The largest absolute Gasteiger partial charge is 0.400 e. The monoisotopic (exact) mass is 471 g/mol. The summed E-state index contributed by atoms with van der Waals surface area (Å²) in [6.07, 6.45) is 2.60. The molecular formula is C25H33N3O4S. The molecule has 0 amide bonds. The molecule has 2 aromatic rings. The number of allylic oxidation sites excluding steroid dienone is 2. The number of nitriles is 1. The quantitative estimate of drug-likeness (QED) is 0.388. The molecule has 2 fully saturated rings. The number of anilines is 1. The lowest BCUT2D eigenvalue weighted by molar-refractivity contribution is -0.168. The summed E-state index contributed by atoms with van der Waals surface area (Å²) in [6.45, 7) is 4.30. The third kappa shape index (κ3) is 6.48. The maximum absolute atomic E-state index is 9.95. The summed E-state index contributed by atoms with van der Waals surface area (Å²) in [6, 6.07) is 14.7. The summed E-state index contributed by atoms with van der Waals surface area (Å²) in [5, 5.41) is 38.7. The van der Waals surface area contributed by atoms with E-state index in [-0.39, 0.29) is 6.61 Å². The van der Waals surface area contributed by atoms with Crippen molar-refractivity contribution in [1.29, 1.82) is 5.26 Å². The lowest BCUT2D eigenvalue weighted by Crippen LogP contribution is -2.46. The first-order valence-electron chi connectivity index (χ1n) is 11.3. The molecule has 2 aliphatic heterocycles. The molecule has 2 aromatic carbocycles. The van der Waals surface area contributed by atoms with Crippen LogP contribution < -0.4 is 9.62 Å². The molecule has 0 aliphatic carbocycles. The first kappa shape index (κ1) is 25.5. The Balaban J connectivity index is 0.00000149. The van der Waals surface area contributed by atoms with Crippen molar-refractivity contribution < 1.29 is 20.1 Å². The number of aliphatic hydroxyl groups excluding tert-OH is 3. The summed E-state index contributed by atoms with van der Waals surface area (Å²) in [4.78, 5) is 2.98. The third-order valence-corrected chi connectivity index (χ3v) is 7.08. The molecule has 8 heteroatoms. The van der Waals surface area contributed by atoms with Crippen LogP contribution in [0.4, 0.5) is 5.69 Å².